The Bertz CT molecular complexity index is 269. The van der Waals surface area contributed by atoms with Crippen molar-refractivity contribution in [1.29, 1.82) is 10.8 Å². The zero-order valence-corrected chi connectivity index (χ0v) is 7.30. The van der Waals surface area contributed by atoms with E-state index in [2.05, 4.69) is 0 Å². The van der Waals surface area contributed by atoms with E-state index in [0.717, 1.165) is 5.56 Å². The van der Waals surface area contributed by atoms with Gasteiger partial charge in [-0.05, 0) is 5.56 Å². The van der Waals surface area contributed by atoms with E-state index in [4.69, 9.17) is 15.5 Å². The molecule has 13 heavy (non-hydrogen) atoms. The van der Waals surface area contributed by atoms with Crippen molar-refractivity contribution >= 4 is 5.97 Å². The van der Waals surface area contributed by atoms with Gasteiger partial charge >= 0.3 is 5.97 Å². The van der Waals surface area contributed by atoms with Crippen LogP contribution in [0.15, 0.2) is 30.3 Å². The van der Waals surface area contributed by atoms with Crippen LogP contribution in [0.5, 0.6) is 0 Å². The molecular weight excluding hydrogens is 168 g/mol. The third-order valence-corrected chi connectivity index (χ3v) is 1.28. The highest BCUT2D eigenvalue weighted by Crippen LogP contribution is 1.99. The summed E-state index contributed by atoms with van der Waals surface area (Å²) in [4.78, 5) is 10.4. The predicted molar refractivity (Wildman–Crippen MR) is 45.4 cm³/mol. The van der Waals surface area contributed by atoms with Gasteiger partial charge in [-0.1, -0.05) is 30.3 Å². The smallest absolute Gasteiger partial charge is 0.302 e. The third-order valence-electron chi connectivity index (χ3n) is 1.28. The molecule has 0 fully saturated rings. The average molecular weight is 178 g/mol. The molecule has 1 aromatic carbocycles. The molecule has 0 unspecified atom stereocenters. The van der Waals surface area contributed by atoms with Gasteiger partial charge in [-0.3, -0.25) is 4.79 Å². The maximum Gasteiger partial charge on any atom is 0.302 e. The largest absolute Gasteiger partial charge is 0.461 e. The van der Waals surface area contributed by atoms with Crippen LogP contribution in [0.25, 0.3) is 0 Å². The molecule has 0 aliphatic rings. The van der Waals surface area contributed by atoms with E-state index in [-0.39, 0.29) is 5.97 Å². The highest BCUT2D eigenvalue weighted by Gasteiger charge is 1.93. The van der Waals surface area contributed by atoms with Gasteiger partial charge in [0.1, 0.15) is 6.61 Å². The summed E-state index contributed by atoms with van der Waals surface area (Å²) in [5, 5.41) is 12.0. The molecule has 0 heterocycles. The van der Waals surface area contributed by atoms with Crippen LogP contribution in [0.4, 0.5) is 0 Å². The summed E-state index contributed by atoms with van der Waals surface area (Å²) in [6, 6.07) is 9.60. The fourth-order valence-corrected chi connectivity index (χ4v) is 0.759. The van der Waals surface area contributed by atoms with Crippen LogP contribution in [0.3, 0.4) is 0 Å². The van der Waals surface area contributed by atoms with Gasteiger partial charge in [-0.15, -0.1) is 0 Å². The lowest BCUT2D eigenvalue weighted by Crippen LogP contribution is -1.97. The molecule has 0 aliphatic carbocycles. The first-order valence-corrected chi connectivity index (χ1v) is 3.66. The van der Waals surface area contributed by atoms with Crippen LogP contribution in [0.1, 0.15) is 12.5 Å². The molecule has 0 saturated carbocycles. The highest BCUT2D eigenvalue weighted by atomic mass is 16.5. The Morgan fingerprint density at radius 1 is 1.31 bits per heavy atom. The molecule has 4 nitrogen and oxygen atoms in total. The quantitative estimate of drug-likeness (QED) is 0.511. The van der Waals surface area contributed by atoms with E-state index in [0.29, 0.717) is 6.61 Å². The molecule has 4 heteroatoms. The Balaban J connectivity index is 0.000000671. The van der Waals surface area contributed by atoms with Crippen LogP contribution in [0, 0.1) is 10.8 Å². The standard InChI is InChI=1S/C9H10O2.N2/c1-8(10)11-7-9-5-3-2-4-6-9;1-2/h2-6H,7H2,1H3;. The maximum atomic E-state index is 10.4. The van der Waals surface area contributed by atoms with E-state index in [9.17, 15) is 4.79 Å². The zero-order chi connectivity index (χ0) is 10.1. The molecule has 1 rings (SSSR count). The number of nitrogens with zero attached hydrogens (tertiary/aromatic N) is 2. The average Bonchev–Trinajstić information content (AvgIpc) is 2.19. The van der Waals surface area contributed by atoms with Crippen molar-refractivity contribution in [2.24, 2.45) is 0 Å². The minimum atomic E-state index is -0.242. The minimum absolute atomic E-state index is 0.242. The van der Waals surface area contributed by atoms with Crippen molar-refractivity contribution in [2.75, 3.05) is 0 Å². The molecule has 0 amide bonds. The second kappa shape index (κ2) is 6.80. The summed E-state index contributed by atoms with van der Waals surface area (Å²) >= 11 is 0. The van der Waals surface area contributed by atoms with Gasteiger partial charge in [0.05, 0.1) is 0 Å². The number of esters is 1. The number of hydrogen-bond donors (Lipinski definition) is 0. The second-order valence-electron chi connectivity index (χ2n) is 2.27. The Morgan fingerprint density at radius 2 is 1.85 bits per heavy atom. The Hall–Kier alpha value is -1.89. The number of benzene rings is 1. The molecule has 1 aromatic rings. The van der Waals surface area contributed by atoms with Gasteiger partial charge in [0.25, 0.3) is 0 Å². The molecule has 0 radical (unpaired) electrons. The Morgan fingerprint density at radius 3 is 2.31 bits per heavy atom. The highest BCUT2D eigenvalue weighted by molar-refractivity contribution is 5.65. The van der Waals surface area contributed by atoms with Gasteiger partial charge in [0, 0.05) is 17.7 Å². The van der Waals surface area contributed by atoms with Crippen molar-refractivity contribution in [3.63, 3.8) is 0 Å². The summed E-state index contributed by atoms with van der Waals surface area (Å²) in [6.45, 7) is 1.78. The molecule has 68 valence electrons. The van der Waals surface area contributed by atoms with Crippen LogP contribution in [-0.2, 0) is 16.1 Å². The number of carbonyl (C=O) groups is 1. The first-order valence-electron chi connectivity index (χ1n) is 3.66. The first kappa shape index (κ1) is 11.1. The summed E-state index contributed by atoms with van der Waals surface area (Å²) in [5.41, 5.74) is 1.02. The number of ether oxygens (including phenoxy) is 1. The SMILES string of the molecule is CC(=O)OCc1ccccc1.N#N. The van der Waals surface area contributed by atoms with Gasteiger partial charge in [-0.25, -0.2) is 0 Å². The van der Waals surface area contributed by atoms with Crippen molar-refractivity contribution in [1.82, 2.24) is 0 Å². The number of carbonyl (C=O) groups excluding carboxylic acids is 1. The normalized spacial score (nSPS) is 7.92. The van der Waals surface area contributed by atoms with Gasteiger partial charge in [-0.2, -0.15) is 0 Å². The third kappa shape index (κ3) is 5.39. The zero-order valence-electron chi connectivity index (χ0n) is 7.30. The second-order valence-corrected chi connectivity index (χ2v) is 2.27. The van der Waals surface area contributed by atoms with Gasteiger partial charge in [0.15, 0.2) is 0 Å². The first-order chi connectivity index (χ1) is 6.29. The lowest BCUT2D eigenvalue weighted by molar-refractivity contribution is -0.142. The van der Waals surface area contributed by atoms with Crippen LogP contribution < -0.4 is 0 Å². The molecule has 0 aromatic heterocycles. The monoisotopic (exact) mass is 178 g/mol. The van der Waals surface area contributed by atoms with Crippen molar-refractivity contribution < 1.29 is 9.53 Å². The number of rotatable bonds is 2. The lowest BCUT2D eigenvalue weighted by Gasteiger charge is -1.99. The Kier molecular flexibility index (Phi) is 5.81. The molecule has 0 aliphatic heterocycles. The van der Waals surface area contributed by atoms with Gasteiger partial charge < -0.3 is 4.74 Å². The lowest BCUT2D eigenvalue weighted by atomic mass is 10.2. The van der Waals surface area contributed by atoms with Gasteiger partial charge in [0.2, 0.25) is 0 Å². The van der Waals surface area contributed by atoms with Crippen molar-refractivity contribution in [3.05, 3.63) is 35.9 Å². The van der Waals surface area contributed by atoms with Crippen molar-refractivity contribution in [3.8, 4) is 0 Å². The molecule has 0 saturated heterocycles. The molecule has 0 atom stereocenters. The number of hydrogen-bond acceptors (Lipinski definition) is 4. The maximum absolute atomic E-state index is 10.4. The predicted octanol–water partition coefficient (Wildman–Crippen LogP) is 1.78. The molecular formula is C9H10N2O2. The topological polar surface area (TPSA) is 73.9 Å². The fourth-order valence-electron chi connectivity index (χ4n) is 0.759. The van der Waals surface area contributed by atoms with Crippen LogP contribution in [-0.4, -0.2) is 5.97 Å². The van der Waals surface area contributed by atoms with E-state index < -0.39 is 0 Å². The van der Waals surface area contributed by atoms with E-state index in [1.54, 1.807) is 0 Å². The molecule has 0 N–H and O–H groups in total. The van der Waals surface area contributed by atoms with E-state index >= 15 is 0 Å². The van der Waals surface area contributed by atoms with Crippen molar-refractivity contribution in [2.45, 2.75) is 13.5 Å². The summed E-state index contributed by atoms with van der Waals surface area (Å²) in [7, 11) is 0. The summed E-state index contributed by atoms with van der Waals surface area (Å²) in [5.74, 6) is -0.242. The fraction of sp³-hybridized carbons (Fsp3) is 0.222. The Labute approximate surface area is 76.6 Å². The summed E-state index contributed by atoms with van der Waals surface area (Å²) in [6.07, 6.45) is 0. The van der Waals surface area contributed by atoms with Crippen LogP contribution in [0.2, 0.25) is 0 Å². The summed E-state index contributed by atoms with van der Waals surface area (Å²) < 4.78 is 4.79. The molecule has 0 bridgehead atoms. The van der Waals surface area contributed by atoms with E-state index in [1.165, 1.54) is 6.92 Å². The van der Waals surface area contributed by atoms with E-state index in [1.807, 2.05) is 30.3 Å². The van der Waals surface area contributed by atoms with Crippen LogP contribution >= 0.6 is 0 Å². The molecule has 0 spiro atoms. The minimum Gasteiger partial charge on any atom is -0.461 e.